The lowest BCUT2D eigenvalue weighted by molar-refractivity contribution is -0.120. The average molecular weight is 331 g/mol. The van der Waals surface area contributed by atoms with Crippen molar-refractivity contribution in [3.63, 3.8) is 0 Å². The van der Waals surface area contributed by atoms with Crippen LogP contribution in [0.4, 0.5) is 4.39 Å². The lowest BCUT2D eigenvalue weighted by Gasteiger charge is -2.09. The third-order valence-electron chi connectivity index (χ3n) is 3.52. The van der Waals surface area contributed by atoms with Crippen LogP contribution in [-0.2, 0) is 11.2 Å². The monoisotopic (exact) mass is 331 g/mol. The Labute approximate surface area is 141 Å². The average Bonchev–Trinajstić information content (AvgIpc) is 2.60. The van der Waals surface area contributed by atoms with Crippen LogP contribution in [0.5, 0.6) is 11.5 Å². The van der Waals surface area contributed by atoms with Crippen molar-refractivity contribution in [3.8, 4) is 11.5 Å². The van der Waals surface area contributed by atoms with Crippen molar-refractivity contribution in [1.29, 1.82) is 0 Å². The maximum atomic E-state index is 12.8. The van der Waals surface area contributed by atoms with Crippen LogP contribution in [-0.4, -0.2) is 26.2 Å². The summed E-state index contributed by atoms with van der Waals surface area (Å²) in [5.74, 6) is 1.07. The molecule has 0 saturated heterocycles. The van der Waals surface area contributed by atoms with Gasteiger partial charge in [-0.2, -0.15) is 0 Å². The zero-order valence-electron chi connectivity index (χ0n) is 13.8. The number of hydrogen-bond donors (Lipinski definition) is 1. The molecule has 128 valence electrons. The van der Waals surface area contributed by atoms with Crippen molar-refractivity contribution in [2.75, 3.05) is 20.3 Å². The topological polar surface area (TPSA) is 47.6 Å². The van der Waals surface area contributed by atoms with Crippen molar-refractivity contribution < 1.29 is 18.7 Å². The van der Waals surface area contributed by atoms with Gasteiger partial charge in [-0.05, 0) is 43.2 Å². The number of unbranched alkanes of at least 4 members (excludes halogenated alkanes) is 1. The molecule has 0 aliphatic rings. The second-order valence-electron chi connectivity index (χ2n) is 5.35. The van der Waals surface area contributed by atoms with Gasteiger partial charge in [0.25, 0.3) is 0 Å². The van der Waals surface area contributed by atoms with Gasteiger partial charge >= 0.3 is 0 Å². The minimum absolute atomic E-state index is 0.0287. The molecular weight excluding hydrogens is 309 g/mol. The summed E-state index contributed by atoms with van der Waals surface area (Å²) in [5.41, 5.74) is 0.872. The number of halogens is 1. The van der Waals surface area contributed by atoms with Gasteiger partial charge in [0.05, 0.1) is 20.1 Å². The van der Waals surface area contributed by atoms with E-state index in [0.717, 1.165) is 24.2 Å². The standard InChI is InChI=1S/C19H22FNO3/c1-23-18-7-3-2-6-15(18)14-19(22)21-12-4-5-13-24-17-10-8-16(20)9-11-17/h2-3,6-11H,4-5,12-14H2,1H3,(H,21,22). The molecule has 0 heterocycles. The van der Waals surface area contributed by atoms with Crippen molar-refractivity contribution in [1.82, 2.24) is 5.32 Å². The van der Waals surface area contributed by atoms with E-state index in [1.54, 1.807) is 19.2 Å². The van der Waals surface area contributed by atoms with E-state index in [0.29, 0.717) is 25.3 Å². The first kappa shape index (κ1) is 17.8. The van der Waals surface area contributed by atoms with Crippen molar-refractivity contribution in [2.45, 2.75) is 19.3 Å². The molecule has 0 bridgehead atoms. The van der Waals surface area contributed by atoms with Crippen molar-refractivity contribution in [2.24, 2.45) is 0 Å². The molecule has 1 N–H and O–H groups in total. The fraction of sp³-hybridized carbons (Fsp3) is 0.316. The number of carbonyl (C=O) groups is 1. The van der Waals surface area contributed by atoms with Crippen LogP contribution < -0.4 is 14.8 Å². The van der Waals surface area contributed by atoms with Crippen LogP contribution in [0.25, 0.3) is 0 Å². The fourth-order valence-corrected chi connectivity index (χ4v) is 2.26. The molecule has 2 aromatic carbocycles. The smallest absolute Gasteiger partial charge is 0.224 e. The Bertz CT molecular complexity index is 643. The van der Waals surface area contributed by atoms with Gasteiger partial charge in [-0.25, -0.2) is 4.39 Å². The molecule has 0 atom stereocenters. The molecule has 2 rings (SSSR count). The molecule has 0 aromatic heterocycles. The zero-order chi connectivity index (χ0) is 17.2. The maximum Gasteiger partial charge on any atom is 0.224 e. The van der Waals surface area contributed by atoms with Gasteiger partial charge in [-0.3, -0.25) is 4.79 Å². The van der Waals surface area contributed by atoms with Crippen LogP contribution >= 0.6 is 0 Å². The summed E-state index contributed by atoms with van der Waals surface area (Å²) in [5, 5.41) is 2.89. The molecule has 0 aliphatic heterocycles. The van der Waals surface area contributed by atoms with Crippen LogP contribution in [0, 0.1) is 5.82 Å². The first-order chi connectivity index (χ1) is 11.7. The fourth-order valence-electron chi connectivity index (χ4n) is 2.26. The highest BCUT2D eigenvalue weighted by atomic mass is 19.1. The zero-order valence-corrected chi connectivity index (χ0v) is 13.8. The van der Waals surface area contributed by atoms with Crippen LogP contribution in [0.3, 0.4) is 0 Å². The van der Waals surface area contributed by atoms with E-state index in [4.69, 9.17) is 9.47 Å². The van der Waals surface area contributed by atoms with E-state index >= 15 is 0 Å². The molecule has 5 heteroatoms. The number of benzene rings is 2. The number of rotatable bonds is 9. The van der Waals surface area contributed by atoms with Gasteiger partial charge < -0.3 is 14.8 Å². The van der Waals surface area contributed by atoms with Gasteiger partial charge in [0, 0.05) is 12.1 Å². The van der Waals surface area contributed by atoms with Gasteiger partial charge in [-0.15, -0.1) is 0 Å². The SMILES string of the molecule is COc1ccccc1CC(=O)NCCCCOc1ccc(F)cc1. The lowest BCUT2D eigenvalue weighted by atomic mass is 10.1. The summed E-state index contributed by atoms with van der Waals surface area (Å²) in [4.78, 5) is 11.9. The highest BCUT2D eigenvalue weighted by molar-refractivity contribution is 5.79. The van der Waals surface area contributed by atoms with E-state index in [1.165, 1.54) is 12.1 Å². The van der Waals surface area contributed by atoms with Crippen molar-refractivity contribution in [3.05, 3.63) is 59.9 Å². The van der Waals surface area contributed by atoms with E-state index < -0.39 is 0 Å². The summed E-state index contributed by atoms with van der Waals surface area (Å²) in [7, 11) is 1.60. The summed E-state index contributed by atoms with van der Waals surface area (Å²) in [6, 6.07) is 13.4. The quantitative estimate of drug-likeness (QED) is 0.717. The Morgan fingerprint density at radius 2 is 1.83 bits per heavy atom. The third-order valence-corrected chi connectivity index (χ3v) is 3.52. The molecule has 0 fully saturated rings. The molecule has 4 nitrogen and oxygen atoms in total. The molecule has 0 radical (unpaired) electrons. The Balaban J connectivity index is 1.60. The minimum Gasteiger partial charge on any atom is -0.496 e. The van der Waals surface area contributed by atoms with E-state index in [9.17, 15) is 9.18 Å². The molecule has 2 aromatic rings. The van der Waals surface area contributed by atoms with Crippen LogP contribution in [0.15, 0.2) is 48.5 Å². The molecule has 0 aliphatic carbocycles. The summed E-state index contributed by atoms with van der Waals surface area (Å²) in [6.45, 7) is 1.13. The summed E-state index contributed by atoms with van der Waals surface area (Å²) in [6.07, 6.45) is 1.93. The van der Waals surface area contributed by atoms with E-state index in [2.05, 4.69) is 5.32 Å². The highest BCUT2D eigenvalue weighted by Crippen LogP contribution is 2.17. The second-order valence-corrected chi connectivity index (χ2v) is 5.35. The predicted molar refractivity (Wildman–Crippen MR) is 90.8 cm³/mol. The number of ether oxygens (including phenoxy) is 2. The molecule has 0 unspecified atom stereocenters. The van der Waals surface area contributed by atoms with Gasteiger partial charge in [0.1, 0.15) is 17.3 Å². The Morgan fingerprint density at radius 1 is 1.08 bits per heavy atom. The first-order valence-corrected chi connectivity index (χ1v) is 7.96. The Morgan fingerprint density at radius 3 is 2.58 bits per heavy atom. The summed E-state index contributed by atoms with van der Waals surface area (Å²) >= 11 is 0. The number of para-hydroxylation sites is 1. The minimum atomic E-state index is -0.278. The Hall–Kier alpha value is -2.56. The molecule has 1 amide bonds. The molecular formula is C19H22FNO3. The third kappa shape index (κ3) is 5.91. The van der Waals surface area contributed by atoms with Crippen LogP contribution in [0.1, 0.15) is 18.4 Å². The number of hydrogen-bond acceptors (Lipinski definition) is 3. The van der Waals surface area contributed by atoms with Gasteiger partial charge in [0.15, 0.2) is 0 Å². The molecule has 24 heavy (non-hydrogen) atoms. The predicted octanol–water partition coefficient (Wildman–Crippen LogP) is 3.35. The number of carbonyl (C=O) groups excluding carboxylic acids is 1. The summed E-state index contributed by atoms with van der Waals surface area (Å²) < 4.78 is 23.5. The normalized spacial score (nSPS) is 10.2. The van der Waals surface area contributed by atoms with Gasteiger partial charge in [-0.1, -0.05) is 18.2 Å². The second kappa shape index (κ2) is 9.55. The van der Waals surface area contributed by atoms with E-state index in [1.807, 2.05) is 24.3 Å². The molecule has 0 saturated carbocycles. The van der Waals surface area contributed by atoms with Gasteiger partial charge in [0.2, 0.25) is 5.91 Å². The van der Waals surface area contributed by atoms with E-state index in [-0.39, 0.29) is 11.7 Å². The number of nitrogens with one attached hydrogen (secondary N) is 1. The first-order valence-electron chi connectivity index (χ1n) is 7.96. The largest absolute Gasteiger partial charge is 0.496 e. The Kier molecular flexibility index (Phi) is 7.08. The molecule has 0 spiro atoms. The number of methoxy groups -OCH3 is 1. The number of amides is 1. The van der Waals surface area contributed by atoms with Crippen molar-refractivity contribution >= 4 is 5.91 Å². The highest BCUT2D eigenvalue weighted by Gasteiger charge is 2.07. The van der Waals surface area contributed by atoms with Crippen LogP contribution in [0.2, 0.25) is 0 Å². The maximum absolute atomic E-state index is 12.8. The lowest BCUT2D eigenvalue weighted by Crippen LogP contribution is -2.26.